The van der Waals surface area contributed by atoms with Crippen LogP contribution < -0.4 is 4.74 Å². The number of rotatable bonds is 2. The van der Waals surface area contributed by atoms with E-state index in [1.54, 1.807) is 12.1 Å². The Morgan fingerprint density at radius 1 is 1.25 bits per heavy atom. The van der Waals surface area contributed by atoms with E-state index in [0.29, 0.717) is 5.56 Å². The zero-order valence-electron chi connectivity index (χ0n) is 12.6. The van der Waals surface area contributed by atoms with Gasteiger partial charge in [0.1, 0.15) is 0 Å². The summed E-state index contributed by atoms with van der Waals surface area (Å²) in [5, 5.41) is 9.80. The number of phenols is 1. The van der Waals surface area contributed by atoms with Crippen LogP contribution in [0.15, 0.2) is 46.9 Å². The van der Waals surface area contributed by atoms with Crippen molar-refractivity contribution in [3.63, 3.8) is 0 Å². The summed E-state index contributed by atoms with van der Waals surface area (Å²) in [6.07, 6.45) is 1.45. The molecule has 3 rings (SSSR count). The molecule has 7 heteroatoms. The molecule has 0 unspecified atom stereocenters. The fraction of sp³-hybridized carbons (Fsp3) is 0.118. The normalized spacial score (nSPS) is 17.6. The molecule has 0 aromatic heterocycles. The number of carbonyl (C=O) groups is 1. The standard InChI is InChI=1S/C17H13ClO5S/c1-23-14-8-10(7-13(18)17(14)20)6-11-9-24(21,22)15-5-3-2-4-12(15)16(11)19/h2-8,20H,9H2,1H3/b11-6-. The van der Waals surface area contributed by atoms with E-state index >= 15 is 0 Å². The number of halogens is 1. The minimum Gasteiger partial charge on any atom is -0.503 e. The molecule has 1 aliphatic rings. The molecular weight excluding hydrogens is 352 g/mol. The first-order valence-electron chi connectivity index (χ1n) is 6.97. The first-order valence-corrected chi connectivity index (χ1v) is 9.00. The highest BCUT2D eigenvalue weighted by Crippen LogP contribution is 2.36. The summed E-state index contributed by atoms with van der Waals surface area (Å²) in [6.45, 7) is 0. The number of ketones is 1. The minimum atomic E-state index is -3.58. The van der Waals surface area contributed by atoms with E-state index in [9.17, 15) is 18.3 Å². The fourth-order valence-corrected chi connectivity index (χ4v) is 4.37. The summed E-state index contributed by atoms with van der Waals surface area (Å²) in [7, 11) is -2.21. The van der Waals surface area contributed by atoms with Gasteiger partial charge in [0.25, 0.3) is 0 Å². The fourth-order valence-electron chi connectivity index (χ4n) is 2.59. The van der Waals surface area contributed by atoms with E-state index in [4.69, 9.17) is 16.3 Å². The van der Waals surface area contributed by atoms with Gasteiger partial charge in [0.2, 0.25) is 0 Å². The van der Waals surface area contributed by atoms with Gasteiger partial charge in [-0.1, -0.05) is 23.7 Å². The van der Waals surface area contributed by atoms with E-state index in [0.717, 1.165) is 0 Å². The molecule has 2 aromatic rings. The van der Waals surface area contributed by atoms with Crippen LogP contribution in [0.1, 0.15) is 15.9 Å². The number of hydrogen-bond donors (Lipinski definition) is 1. The van der Waals surface area contributed by atoms with Gasteiger partial charge < -0.3 is 9.84 Å². The molecular formula is C17H13ClO5S. The van der Waals surface area contributed by atoms with Crippen molar-refractivity contribution in [1.29, 1.82) is 0 Å². The van der Waals surface area contributed by atoms with E-state index in [1.807, 2.05) is 0 Å². The molecule has 0 amide bonds. The molecule has 5 nitrogen and oxygen atoms in total. The van der Waals surface area contributed by atoms with Crippen molar-refractivity contribution >= 4 is 33.3 Å². The molecule has 0 spiro atoms. The van der Waals surface area contributed by atoms with Crippen LogP contribution in [0.25, 0.3) is 6.08 Å². The molecule has 0 aliphatic carbocycles. The monoisotopic (exact) mass is 364 g/mol. The first kappa shape index (κ1) is 16.5. The topological polar surface area (TPSA) is 80.7 Å². The highest BCUT2D eigenvalue weighted by atomic mass is 35.5. The summed E-state index contributed by atoms with van der Waals surface area (Å²) < 4.78 is 29.8. The second kappa shape index (κ2) is 5.96. The lowest BCUT2D eigenvalue weighted by Crippen LogP contribution is -2.24. The predicted molar refractivity (Wildman–Crippen MR) is 90.5 cm³/mol. The number of benzene rings is 2. The van der Waals surface area contributed by atoms with Crippen LogP contribution in [0, 0.1) is 0 Å². The van der Waals surface area contributed by atoms with Gasteiger partial charge in [0.05, 0.1) is 22.8 Å². The van der Waals surface area contributed by atoms with Crippen LogP contribution in [0.4, 0.5) is 0 Å². The molecule has 1 N–H and O–H groups in total. The predicted octanol–water partition coefficient (Wildman–Crippen LogP) is 3.11. The Morgan fingerprint density at radius 3 is 2.67 bits per heavy atom. The third-order valence-corrected chi connectivity index (χ3v) is 5.72. The first-order chi connectivity index (χ1) is 11.3. The van der Waals surface area contributed by atoms with Crippen molar-refractivity contribution in [3.05, 3.63) is 58.1 Å². The average molecular weight is 365 g/mol. The van der Waals surface area contributed by atoms with E-state index < -0.39 is 9.84 Å². The Kier molecular flexibility index (Phi) is 4.11. The Hall–Kier alpha value is -2.31. The number of ether oxygens (including phenoxy) is 1. The maximum atomic E-state index is 12.6. The summed E-state index contributed by atoms with van der Waals surface area (Å²) in [5.41, 5.74) is 0.761. The number of fused-ring (bicyclic) bond motifs is 1. The number of methoxy groups -OCH3 is 1. The quantitative estimate of drug-likeness (QED) is 0.828. The van der Waals surface area contributed by atoms with Gasteiger partial charge in [-0.25, -0.2) is 8.42 Å². The zero-order chi connectivity index (χ0) is 17.5. The molecule has 0 fully saturated rings. The largest absolute Gasteiger partial charge is 0.503 e. The molecule has 124 valence electrons. The second-order valence-electron chi connectivity index (χ2n) is 5.31. The Labute approximate surface area is 144 Å². The highest BCUT2D eigenvalue weighted by molar-refractivity contribution is 7.91. The van der Waals surface area contributed by atoms with E-state index in [2.05, 4.69) is 0 Å². The number of sulfone groups is 1. The van der Waals surface area contributed by atoms with Crippen molar-refractivity contribution < 1.29 is 23.1 Å². The number of Topliss-reactive ketones (excluding diaryl/α,β-unsaturated/α-hetero) is 1. The molecule has 2 aromatic carbocycles. The van der Waals surface area contributed by atoms with E-state index in [1.165, 1.54) is 37.5 Å². The van der Waals surface area contributed by atoms with E-state index in [-0.39, 0.29) is 44.1 Å². The molecule has 0 radical (unpaired) electrons. The van der Waals surface area contributed by atoms with Gasteiger partial charge in [-0.15, -0.1) is 0 Å². The highest BCUT2D eigenvalue weighted by Gasteiger charge is 2.32. The van der Waals surface area contributed by atoms with Crippen molar-refractivity contribution in [3.8, 4) is 11.5 Å². The van der Waals surface area contributed by atoms with Crippen molar-refractivity contribution in [2.75, 3.05) is 12.9 Å². The Bertz CT molecular complexity index is 976. The van der Waals surface area contributed by atoms with Gasteiger partial charge in [0, 0.05) is 11.1 Å². The van der Waals surface area contributed by atoms with Crippen LogP contribution in [0.5, 0.6) is 11.5 Å². The van der Waals surface area contributed by atoms with Gasteiger partial charge in [0.15, 0.2) is 27.1 Å². The second-order valence-corrected chi connectivity index (χ2v) is 7.67. The summed E-state index contributed by atoms with van der Waals surface area (Å²) in [4.78, 5) is 12.6. The SMILES string of the molecule is COc1cc(/C=C2/CS(=O)(=O)c3ccccc3C2=O)cc(Cl)c1O. The third kappa shape index (κ3) is 2.79. The average Bonchev–Trinajstić information content (AvgIpc) is 2.55. The molecule has 0 saturated carbocycles. The molecule has 1 heterocycles. The molecule has 0 saturated heterocycles. The number of carbonyl (C=O) groups excluding carboxylic acids is 1. The maximum absolute atomic E-state index is 12.6. The Morgan fingerprint density at radius 2 is 1.96 bits per heavy atom. The van der Waals surface area contributed by atoms with Crippen LogP contribution >= 0.6 is 11.6 Å². The van der Waals surface area contributed by atoms with Crippen LogP contribution in [-0.2, 0) is 9.84 Å². The minimum absolute atomic E-state index is 0.0488. The lowest BCUT2D eigenvalue weighted by atomic mass is 10.0. The Balaban J connectivity index is 2.13. The maximum Gasteiger partial charge on any atom is 0.191 e. The smallest absolute Gasteiger partial charge is 0.191 e. The number of aromatic hydroxyl groups is 1. The zero-order valence-corrected chi connectivity index (χ0v) is 14.2. The summed E-state index contributed by atoms with van der Waals surface area (Å²) in [5.74, 6) is -0.803. The lowest BCUT2D eigenvalue weighted by molar-refractivity contribution is 0.103. The van der Waals surface area contributed by atoms with Gasteiger partial charge in [-0.3, -0.25) is 4.79 Å². The molecule has 24 heavy (non-hydrogen) atoms. The van der Waals surface area contributed by atoms with Crippen molar-refractivity contribution in [2.45, 2.75) is 4.90 Å². The van der Waals surface area contributed by atoms with Crippen LogP contribution in [0.3, 0.4) is 0 Å². The summed E-state index contributed by atoms with van der Waals surface area (Å²) >= 11 is 5.93. The van der Waals surface area contributed by atoms with Crippen molar-refractivity contribution in [1.82, 2.24) is 0 Å². The van der Waals surface area contributed by atoms with Gasteiger partial charge in [-0.05, 0) is 35.9 Å². The summed E-state index contributed by atoms with van der Waals surface area (Å²) in [6, 6.07) is 9.05. The van der Waals surface area contributed by atoms with Crippen LogP contribution in [-0.4, -0.2) is 32.2 Å². The van der Waals surface area contributed by atoms with Gasteiger partial charge >= 0.3 is 0 Å². The lowest BCUT2D eigenvalue weighted by Gasteiger charge is -2.18. The van der Waals surface area contributed by atoms with Gasteiger partial charge in [-0.2, -0.15) is 0 Å². The van der Waals surface area contributed by atoms with Crippen molar-refractivity contribution in [2.24, 2.45) is 0 Å². The molecule has 0 atom stereocenters. The number of phenolic OH excluding ortho intramolecular Hbond substituents is 1. The number of hydrogen-bond acceptors (Lipinski definition) is 5. The third-order valence-electron chi connectivity index (χ3n) is 3.72. The van der Waals surface area contributed by atoms with Crippen LogP contribution in [0.2, 0.25) is 5.02 Å². The molecule has 0 bridgehead atoms. The molecule has 1 aliphatic heterocycles.